The molecule has 1 aromatic heterocycles. The van der Waals surface area contributed by atoms with Crippen molar-refractivity contribution in [2.24, 2.45) is 5.92 Å². The molecule has 0 bridgehead atoms. The van der Waals surface area contributed by atoms with Crippen LogP contribution in [-0.4, -0.2) is 29.4 Å². The van der Waals surface area contributed by atoms with E-state index in [2.05, 4.69) is 21.5 Å². The van der Waals surface area contributed by atoms with E-state index in [1.807, 2.05) is 0 Å². The second-order valence-corrected chi connectivity index (χ2v) is 6.58. The summed E-state index contributed by atoms with van der Waals surface area (Å²) in [6.07, 6.45) is 6.10. The average Bonchev–Trinajstić information content (AvgIpc) is 3.10. The molecular formula is C14H22N4OS. The van der Waals surface area contributed by atoms with E-state index in [1.165, 1.54) is 30.8 Å². The number of nitrogens with one attached hydrogen (secondary N) is 1. The zero-order valence-corrected chi connectivity index (χ0v) is 12.7. The van der Waals surface area contributed by atoms with Gasteiger partial charge in [-0.1, -0.05) is 6.42 Å². The molecule has 20 heavy (non-hydrogen) atoms. The van der Waals surface area contributed by atoms with E-state index < -0.39 is 0 Å². The number of aromatic nitrogens is 1. The third-order valence-corrected chi connectivity index (χ3v) is 5.14. The molecular weight excluding hydrogens is 272 g/mol. The highest BCUT2D eigenvalue weighted by atomic mass is 32.1. The summed E-state index contributed by atoms with van der Waals surface area (Å²) in [5, 5.41) is 3.96. The molecule has 3 N–H and O–H groups in total. The number of nitrogens with zero attached hydrogens (tertiary/aromatic N) is 2. The number of rotatable bonds is 6. The maximum Gasteiger partial charge on any atom is 0.258 e. The van der Waals surface area contributed by atoms with Gasteiger partial charge in [0.15, 0.2) is 5.82 Å². The van der Waals surface area contributed by atoms with Crippen LogP contribution in [0.3, 0.4) is 0 Å². The molecule has 2 aliphatic rings. The van der Waals surface area contributed by atoms with Gasteiger partial charge in [0.25, 0.3) is 5.91 Å². The Labute approximate surface area is 123 Å². The highest BCUT2D eigenvalue weighted by Gasteiger charge is 2.30. The molecule has 2 saturated carbocycles. The van der Waals surface area contributed by atoms with Crippen LogP contribution in [0, 0.1) is 5.92 Å². The van der Waals surface area contributed by atoms with Crippen LogP contribution in [0.4, 0.5) is 10.8 Å². The Kier molecular flexibility index (Phi) is 3.83. The molecule has 0 spiro atoms. The standard InChI is InChI=1S/C14H22N4OS/c1-2-18(8-9-4-3-5-9)14-11(12(15)17-20-14)13(19)16-10-6-7-10/h9-10H,2-8H2,1H3,(H2,15,17)(H,16,19). The van der Waals surface area contributed by atoms with Crippen LogP contribution < -0.4 is 16.0 Å². The van der Waals surface area contributed by atoms with Gasteiger partial charge in [-0.05, 0) is 50.1 Å². The average molecular weight is 294 g/mol. The lowest BCUT2D eigenvalue weighted by Crippen LogP contribution is -2.34. The van der Waals surface area contributed by atoms with Crippen molar-refractivity contribution in [1.29, 1.82) is 0 Å². The molecule has 2 aliphatic carbocycles. The van der Waals surface area contributed by atoms with Gasteiger partial charge in [0, 0.05) is 19.1 Å². The molecule has 2 fully saturated rings. The summed E-state index contributed by atoms with van der Waals surface area (Å²) in [6, 6.07) is 0.344. The van der Waals surface area contributed by atoms with E-state index >= 15 is 0 Å². The van der Waals surface area contributed by atoms with E-state index in [9.17, 15) is 4.79 Å². The number of anilines is 2. The Hall–Kier alpha value is -1.30. The van der Waals surface area contributed by atoms with Crippen molar-refractivity contribution >= 4 is 28.3 Å². The van der Waals surface area contributed by atoms with Crippen LogP contribution in [0.1, 0.15) is 49.4 Å². The molecule has 1 amide bonds. The molecule has 0 atom stereocenters. The summed E-state index contributed by atoms with van der Waals surface area (Å²) in [4.78, 5) is 14.6. The molecule has 1 heterocycles. The quantitative estimate of drug-likeness (QED) is 0.844. The molecule has 6 heteroatoms. The molecule has 5 nitrogen and oxygen atoms in total. The molecule has 0 aliphatic heterocycles. The lowest BCUT2D eigenvalue weighted by Gasteiger charge is -2.32. The fourth-order valence-corrected chi connectivity index (χ4v) is 3.43. The largest absolute Gasteiger partial charge is 0.382 e. The first-order chi connectivity index (χ1) is 9.69. The first-order valence-electron chi connectivity index (χ1n) is 7.50. The molecule has 0 radical (unpaired) electrons. The van der Waals surface area contributed by atoms with E-state index in [0.717, 1.165) is 36.9 Å². The van der Waals surface area contributed by atoms with Crippen molar-refractivity contribution in [2.75, 3.05) is 23.7 Å². The SMILES string of the molecule is CCN(CC1CCC1)c1snc(N)c1C(=O)NC1CC1. The number of nitrogens with two attached hydrogens (primary N) is 1. The number of carbonyl (C=O) groups is 1. The van der Waals surface area contributed by atoms with Crippen LogP contribution in [-0.2, 0) is 0 Å². The lowest BCUT2D eigenvalue weighted by molar-refractivity contribution is 0.0952. The van der Waals surface area contributed by atoms with Crippen molar-refractivity contribution in [3.8, 4) is 0 Å². The second-order valence-electron chi connectivity index (χ2n) is 5.83. The summed E-state index contributed by atoms with van der Waals surface area (Å²) in [5.41, 5.74) is 6.51. The highest BCUT2D eigenvalue weighted by molar-refractivity contribution is 7.11. The zero-order chi connectivity index (χ0) is 14.1. The van der Waals surface area contributed by atoms with Crippen LogP contribution in [0.15, 0.2) is 0 Å². The van der Waals surface area contributed by atoms with Crippen molar-refractivity contribution in [3.63, 3.8) is 0 Å². The first kappa shape index (κ1) is 13.7. The maximum absolute atomic E-state index is 12.3. The molecule has 1 aromatic rings. The van der Waals surface area contributed by atoms with E-state index in [0.29, 0.717) is 17.4 Å². The fraction of sp³-hybridized carbons (Fsp3) is 0.714. The number of hydrogen-bond donors (Lipinski definition) is 2. The van der Waals surface area contributed by atoms with Gasteiger partial charge in [-0.3, -0.25) is 4.79 Å². The maximum atomic E-state index is 12.3. The summed E-state index contributed by atoms with van der Waals surface area (Å²) in [6.45, 7) is 4.03. The highest BCUT2D eigenvalue weighted by Crippen LogP contribution is 2.35. The predicted molar refractivity (Wildman–Crippen MR) is 82.2 cm³/mol. The van der Waals surface area contributed by atoms with Gasteiger partial charge in [0.05, 0.1) is 0 Å². The van der Waals surface area contributed by atoms with Crippen molar-refractivity contribution in [3.05, 3.63) is 5.56 Å². The van der Waals surface area contributed by atoms with Crippen molar-refractivity contribution in [2.45, 2.75) is 45.1 Å². The summed E-state index contributed by atoms with van der Waals surface area (Å²) < 4.78 is 4.20. The minimum Gasteiger partial charge on any atom is -0.382 e. The Morgan fingerprint density at radius 3 is 2.75 bits per heavy atom. The van der Waals surface area contributed by atoms with Crippen molar-refractivity contribution < 1.29 is 4.79 Å². The number of carbonyl (C=O) groups excluding carboxylic acids is 1. The van der Waals surface area contributed by atoms with Gasteiger partial charge < -0.3 is 16.0 Å². The van der Waals surface area contributed by atoms with E-state index in [-0.39, 0.29) is 5.91 Å². The number of amides is 1. The fourth-order valence-electron chi connectivity index (χ4n) is 2.55. The van der Waals surface area contributed by atoms with E-state index in [4.69, 9.17) is 5.73 Å². The Bertz CT molecular complexity index is 493. The Balaban J connectivity index is 1.77. The van der Waals surface area contributed by atoms with E-state index in [1.54, 1.807) is 0 Å². The number of nitrogen functional groups attached to an aromatic ring is 1. The van der Waals surface area contributed by atoms with Gasteiger partial charge in [0.1, 0.15) is 10.6 Å². The molecule has 110 valence electrons. The minimum atomic E-state index is -0.0548. The zero-order valence-electron chi connectivity index (χ0n) is 11.9. The first-order valence-corrected chi connectivity index (χ1v) is 8.27. The minimum absolute atomic E-state index is 0.0548. The second kappa shape index (κ2) is 5.60. The molecule has 0 saturated heterocycles. The Morgan fingerprint density at radius 2 is 2.20 bits per heavy atom. The van der Waals surface area contributed by atoms with Crippen LogP contribution in [0.5, 0.6) is 0 Å². The third-order valence-electron chi connectivity index (χ3n) is 4.21. The molecule has 3 rings (SSSR count). The monoisotopic (exact) mass is 294 g/mol. The molecule has 0 aromatic carbocycles. The molecule has 0 unspecified atom stereocenters. The van der Waals surface area contributed by atoms with Crippen LogP contribution >= 0.6 is 11.5 Å². The predicted octanol–water partition coefficient (Wildman–Crippen LogP) is 2.24. The topological polar surface area (TPSA) is 71.2 Å². The van der Waals surface area contributed by atoms with Gasteiger partial charge in [-0.25, -0.2) is 0 Å². The third kappa shape index (κ3) is 2.75. The summed E-state index contributed by atoms with van der Waals surface area (Å²) in [5.74, 6) is 1.08. The van der Waals surface area contributed by atoms with Crippen LogP contribution in [0.2, 0.25) is 0 Å². The Morgan fingerprint density at radius 1 is 1.45 bits per heavy atom. The van der Waals surface area contributed by atoms with Gasteiger partial charge >= 0.3 is 0 Å². The van der Waals surface area contributed by atoms with Gasteiger partial charge in [-0.2, -0.15) is 4.37 Å². The van der Waals surface area contributed by atoms with Crippen LogP contribution in [0.25, 0.3) is 0 Å². The van der Waals surface area contributed by atoms with Crippen molar-refractivity contribution in [1.82, 2.24) is 9.69 Å². The lowest BCUT2D eigenvalue weighted by atomic mass is 9.85. The van der Waals surface area contributed by atoms with Gasteiger partial charge in [0.2, 0.25) is 0 Å². The smallest absolute Gasteiger partial charge is 0.258 e. The summed E-state index contributed by atoms with van der Waals surface area (Å²) >= 11 is 1.35. The normalized spacial score (nSPS) is 18.6. The summed E-state index contributed by atoms with van der Waals surface area (Å²) in [7, 11) is 0. The number of hydrogen-bond acceptors (Lipinski definition) is 5. The van der Waals surface area contributed by atoms with Gasteiger partial charge in [-0.15, -0.1) is 0 Å².